The second kappa shape index (κ2) is 4.31. The third kappa shape index (κ3) is 2.70. The molecular weight excluding hydrogens is 196 g/mol. The van der Waals surface area contributed by atoms with Gasteiger partial charge in [-0.15, -0.1) is 0 Å². The van der Waals surface area contributed by atoms with Gasteiger partial charge in [0.2, 0.25) is 0 Å². The van der Waals surface area contributed by atoms with E-state index < -0.39 is 5.97 Å². The third-order valence-corrected chi connectivity index (χ3v) is 2.06. The number of rotatable bonds is 4. The van der Waals surface area contributed by atoms with Crippen LogP contribution in [0.1, 0.15) is 10.4 Å². The molecule has 0 bridgehead atoms. The van der Waals surface area contributed by atoms with Gasteiger partial charge in [-0.05, 0) is 24.3 Å². The summed E-state index contributed by atoms with van der Waals surface area (Å²) in [5, 5.41) is 0. The molecule has 15 heavy (non-hydrogen) atoms. The van der Waals surface area contributed by atoms with Gasteiger partial charge in [-0.25, -0.2) is 4.79 Å². The molecule has 1 atom stereocenters. The van der Waals surface area contributed by atoms with Crippen LogP contribution >= 0.6 is 0 Å². The van der Waals surface area contributed by atoms with Crippen molar-refractivity contribution in [1.29, 1.82) is 0 Å². The first-order chi connectivity index (χ1) is 7.29. The zero-order valence-electron chi connectivity index (χ0n) is 8.14. The predicted octanol–water partition coefficient (Wildman–Crippen LogP) is 1.41. The molecule has 0 spiro atoms. The van der Waals surface area contributed by atoms with E-state index in [1.54, 1.807) is 24.3 Å². The average Bonchev–Trinajstić information content (AvgIpc) is 3.10. The zero-order chi connectivity index (χ0) is 10.7. The van der Waals surface area contributed by atoms with E-state index >= 15 is 0 Å². The normalized spacial score (nSPS) is 18.3. The highest BCUT2D eigenvalue weighted by molar-refractivity contribution is 5.89. The van der Waals surface area contributed by atoms with Crippen LogP contribution in [-0.2, 0) is 9.47 Å². The molecule has 1 fully saturated rings. The second-order valence-electron chi connectivity index (χ2n) is 3.22. The number of hydrogen-bond donors (Lipinski definition) is 0. The summed E-state index contributed by atoms with van der Waals surface area (Å²) in [4.78, 5) is 11.1. The molecule has 1 saturated heterocycles. The van der Waals surface area contributed by atoms with Gasteiger partial charge in [-0.1, -0.05) is 0 Å². The Bertz CT molecular complexity index is 340. The molecule has 1 radical (unpaired) electrons. The smallest absolute Gasteiger partial charge is 0.338 e. The van der Waals surface area contributed by atoms with Gasteiger partial charge in [0.15, 0.2) is 0 Å². The van der Waals surface area contributed by atoms with Crippen molar-refractivity contribution in [3.05, 3.63) is 36.9 Å². The SMILES string of the molecule is [CH2]OC(=O)c1ccc(OCC2CO2)cc1. The van der Waals surface area contributed by atoms with Crippen LogP contribution < -0.4 is 4.74 Å². The Morgan fingerprint density at radius 3 is 2.67 bits per heavy atom. The molecule has 1 aromatic rings. The van der Waals surface area contributed by atoms with Crippen molar-refractivity contribution >= 4 is 5.97 Å². The molecule has 0 aromatic heterocycles. The van der Waals surface area contributed by atoms with Crippen molar-refractivity contribution in [1.82, 2.24) is 0 Å². The Hall–Kier alpha value is -1.55. The fourth-order valence-corrected chi connectivity index (χ4v) is 1.12. The van der Waals surface area contributed by atoms with Crippen molar-refractivity contribution in [2.24, 2.45) is 0 Å². The first-order valence-electron chi connectivity index (χ1n) is 4.60. The van der Waals surface area contributed by atoms with Crippen LogP contribution in [0.15, 0.2) is 24.3 Å². The van der Waals surface area contributed by atoms with E-state index in [1.807, 2.05) is 0 Å². The van der Waals surface area contributed by atoms with Crippen molar-refractivity contribution in [2.45, 2.75) is 6.10 Å². The molecule has 0 amide bonds. The molecule has 79 valence electrons. The van der Waals surface area contributed by atoms with E-state index in [0.29, 0.717) is 17.9 Å². The molecule has 1 heterocycles. The topological polar surface area (TPSA) is 48.1 Å². The Kier molecular flexibility index (Phi) is 2.87. The zero-order valence-corrected chi connectivity index (χ0v) is 8.14. The maximum Gasteiger partial charge on any atom is 0.338 e. The Labute approximate surface area is 87.8 Å². The van der Waals surface area contributed by atoms with E-state index in [2.05, 4.69) is 11.8 Å². The van der Waals surface area contributed by atoms with Crippen LogP contribution in [0, 0.1) is 7.11 Å². The van der Waals surface area contributed by atoms with Crippen LogP contribution in [-0.4, -0.2) is 25.3 Å². The predicted molar refractivity (Wildman–Crippen MR) is 52.4 cm³/mol. The fraction of sp³-hybridized carbons (Fsp3) is 0.273. The van der Waals surface area contributed by atoms with E-state index in [1.165, 1.54) is 0 Å². The second-order valence-corrected chi connectivity index (χ2v) is 3.22. The lowest BCUT2D eigenvalue weighted by atomic mass is 10.2. The van der Waals surface area contributed by atoms with Gasteiger partial charge in [-0.2, -0.15) is 0 Å². The number of carbonyl (C=O) groups excluding carboxylic acids is 1. The van der Waals surface area contributed by atoms with Crippen LogP contribution in [0.2, 0.25) is 0 Å². The largest absolute Gasteiger partial charge is 0.491 e. The molecular formula is C11H11O4. The highest BCUT2D eigenvalue weighted by Gasteiger charge is 2.22. The van der Waals surface area contributed by atoms with E-state index in [9.17, 15) is 4.79 Å². The fourth-order valence-electron chi connectivity index (χ4n) is 1.12. The molecule has 4 nitrogen and oxygen atoms in total. The van der Waals surface area contributed by atoms with Crippen molar-refractivity contribution in [3.8, 4) is 5.75 Å². The van der Waals surface area contributed by atoms with Crippen LogP contribution in [0.25, 0.3) is 0 Å². The number of benzene rings is 1. The first kappa shape index (κ1) is 9.98. The average molecular weight is 207 g/mol. The molecule has 1 unspecified atom stereocenters. The number of ether oxygens (including phenoxy) is 3. The molecule has 2 rings (SSSR count). The molecule has 4 heteroatoms. The summed E-state index contributed by atoms with van der Waals surface area (Å²) in [6.07, 6.45) is 0.231. The van der Waals surface area contributed by atoms with Gasteiger partial charge in [0.1, 0.15) is 25.6 Å². The van der Waals surface area contributed by atoms with Crippen LogP contribution in [0.5, 0.6) is 5.75 Å². The number of esters is 1. The maximum absolute atomic E-state index is 11.1. The van der Waals surface area contributed by atoms with Gasteiger partial charge in [0.05, 0.1) is 12.2 Å². The summed E-state index contributed by atoms with van der Waals surface area (Å²) in [5.74, 6) is 0.262. The minimum absolute atomic E-state index is 0.231. The number of hydrogen-bond acceptors (Lipinski definition) is 4. The molecule has 0 aliphatic carbocycles. The quantitative estimate of drug-likeness (QED) is 0.553. The Morgan fingerprint density at radius 2 is 2.13 bits per heavy atom. The van der Waals surface area contributed by atoms with Gasteiger partial charge in [0, 0.05) is 0 Å². The minimum atomic E-state index is -0.452. The highest BCUT2D eigenvalue weighted by Crippen LogP contribution is 2.16. The Balaban J connectivity index is 1.93. The molecule has 1 aliphatic rings. The van der Waals surface area contributed by atoms with Gasteiger partial charge in [0.25, 0.3) is 0 Å². The summed E-state index contributed by atoms with van der Waals surface area (Å²) < 4.78 is 14.7. The van der Waals surface area contributed by atoms with Gasteiger partial charge in [-0.3, -0.25) is 0 Å². The van der Waals surface area contributed by atoms with Crippen molar-refractivity contribution in [2.75, 3.05) is 13.2 Å². The summed E-state index contributed by atoms with van der Waals surface area (Å²) >= 11 is 0. The first-order valence-corrected chi connectivity index (χ1v) is 4.60. The Morgan fingerprint density at radius 1 is 1.47 bits per heavy atom. The lowest BCUT2D eigenvalue weighted by molar-refractivity contribution is 0.0654. The lowest BCUT2D eigenvalue weighted by Crippen LogP contribution is -2.04. The van der Waals surface area contributed by atoms with E-state index in [0.717, 1.165) is 6.61 Å². The maximum atomic E-state index is 11.1. The standard InChI is InChI=1S/C11H11O4/c1-13-11(12)8-2-4-9(5-3-8)14-6-10-7-15-10/h2-5,10H,1,6-7H2. The summed E-state index contributed by atoms with van der Waals surface area (Å²) in [6, 6.07) is 6.70. The van der Waals surface area contributed by atoms with Crippen LogP contribution in [0.3, 0.4) is 0 Å². The monoisotopic (exact) mass is 207 g/mol. The lowest BCUT2D eigenvalue weighted by Gasteiger charge is -2.04. The molecule has 1 aliphatic heterocycles. The summed E-state index contributed by atoms with van der Waals surface area (Å²) in [5.41, 5.74) is 0.458. The number of epoxide rings is 1. The minimum Gasteiger partial charge on any atom is -0.491 e. The van der Waals surface area contributed by atoms with Crippen molar-refractivity contribution < 1.29 is 19.0 Å². The van der Waals surface area contributed by atoms with Gasteiger partial charge >= 0.3 is 5.97 Å². The summed E-state index contributed by atoms with van der Waals surface area (Å²) in [6.45, 7) is 1.32. The molecule has 0 N–H and O–H groups in total. The molecule has 1 aromatic carbocycles. The highest BCUT2D eigenvalue weighted by atomic mass is 16.6. The molecule has 0 saturated carbocycles. The van der Waals surface area contributed by atoms with E-state index in [-0.39, 0.29) is 6.10 Å². The van der Waals surface area contributed by atoms with Gasteiger partial charge < -0.3 is 14.2 Å². The van der Waals surface area contributed by atoms with Crippen molar-refractivity contribution in [3.63, 3.8) is 0 Å². The van der Waals surface area contributed by atoms with Crippen LogP contribution in [0.4, 0.5) is 0 Å². The third-order valence-electron chi connectivity index (χ3n) is 2.06. The number of carbonyl (C=O) groups is 1. The summed E-state index contributed by atoms with van der Waals surface area (Å²) in [7, 11) is 3.05. The van der Waals surface area contributed by atoms with E-state index in [4.69, 9.17) is 9.47 Å².